The van der Waals surface area contributed by atoms with Crippen molar-refractivity contribution < 1.29 is 13.9 Å². The molecule has 1 aliphatic heterocycles. The van der Waals surface area contributed by atoms with Crippen LogP contribution in [0, 0.1) is 5.82 Å². The number of carbonyl (C=O) groups is 1. The standard InChI is InChI=1S/C23H19FN2O2/c1-2-15-28-19-13-7-16(8-14-19)22-25-21-6-4-3-5-20(21)23(27)26(22)18-11-9-17(24)10-12-18/h2-14,22,25H,1,15H2/t22-/m1/s1. The van der Waals surface area contributed by atoms with E-state index in [1.54, 1.807) is 29.2 Å². The van der Waals surface area contributed by atoms with Crippen LogP contribution < -0.4 is 15.0 Å². The van der Waals surface area contributed by atoms with Crippen molar-refractivity contribution in [3.05, 3.63) is 102 Å². The summed E-state index contributed by atoms with van der Waals surface area (Å²) >= 11 is 0. The summed E-state index contributed by atoms with van der Waals surface area (Å²) < 4.78 is 19.0. The maximum absolute atomic E-state index is 13.4. The molecule has 0 saturated carbocycles. The highest BCUT2D eigenvalue weighted by atomic mass is 19.1. The zero-order valence-corrected chi connectivity index (χ0v) is 15.1. The van der Waals surface area contributed by atoms with Crippen LogP contribution >= 0.6 is 0 Å². The second-order valence-corrected chi connectivity index (χ2v) is 6.41. The Labute approximate surface area is 162 Å². The summed E-state index contributed by atoms with van der Waals surface area (Å²) in [7, 11) is 0. The second kappa shape index (κ2) is 7.56. The van der Waals surface area contributed by atoms with E-state index in [0.717, 1.165) is 17.0 Å². The molecule has 1 amide bonds. The first-order valence-electron chi connectivity index (χ1n) is 8.96. The minimum Gasteiger partial charge on any atom is -0.490 e. The van der Waals surface area contributed by atoms with E-state index in [2.05, 4.69) is 11.9 Å². The van der Waals surface area contributed by atoms with Crippen molar-refractivity contribution in [1.82, 2.24) is 0 Å². The Hall–Kier alpha value is -3.60. The van der Waals surface area contributed by atoms with E-state index >= 15 is 0 Å². The van der Waals surface area contributed by atoms with Crippen LogP contribution in [0.5, 0.6) is 5.75 Å². The van der Waals surface area contributed by atoms with E-state index in [-0.39, 0.29) is 11.7 Å². The molecule has 5 heteroatoms. The molecule has 3 aromatic carbocycles. The van der Waals surface area contributed by atoms with Gasteiger partial charge in [0.1, 0.15) is 24.3 Å². The van der Waals surface area contributed by atoms with E-state index in [0.29, 0.717) is 17.9 Å². The predicted octanol–water partition coefficient (Wildman–Crippen LogP) is 5.16. The smallest absolute Gasteiger partial charge is 0.262 e. The molecule has 4 rings (SSSR count). The van der Waals surface area contributed by atoms with Gasteiger partial charge in [-0.2, -0.15) is 0 Å². The summed E-state index contributed by atoms with van der Waals surface area (Å²) in [4.78, 5) is 14.9. The largest absolute Gasteiger partial charge is 0.490 e. The van der Waals surface area contributed by atoms with E-state index in [9.17, 15) is 9.18 Å². The topological polar surface area (TPSA) is 41.6 Å². The van der Waals surface area contributed by atoms with Crippen LogP contribution in [-0.4, -0.2) is 12.5 Å². The summed E-state index contributed by atoms with van der Waals surface area (Å²) in [6.45, 7) is 4.07. The molecule has 1 heterocycles. The first kappa shape index (κ1) is 17.8. The molecular weight excluding hydrogens is 355 g/mol. The van der Waals surface area contributed by atoms with Gasteiger partial charge < -0.3 is 10.1 Å². The number of para-hydroxylation sites is 1. The number of amides is 1. The van der Waals surface area contributed by atoms with Crippen LogP contribution in [0.3, 0.4) is 0 Å². The van der Waals surface area contributed by atoms with Gasteiger partial charge in [-0.1, -0.05) is 36.9 Å². The van der Waals surface area contributed by atoms with Crippen molar-refractivity contribution in [2.24, 2.45) is 0 Å². The van der Waals surface area contributed by atoms with Gasteiger partial charge in [0.15, 0.2) is 0 Å². The lowest BCUT2D eigenvalue weighted by molar-refractivity contribution is 0.0975. The average molecular weight is 374 g/mol. The fourth-order valence-corrected chi connectivity index (χ4v) is 3.26. The number of hydrogen-bond donors (Lipinski definition) is 1. The number of carbonyl (C=O) groups excluding carboxylic acids is 1. The summed E-state index contributed by atoms with van der Waals surface area (Å²) in [5, 5.41) is 3.42. The summed E-state index contributed by atoms with van der Waals surface area (Å²) in [5.41, 5.74) is 2.85. The maximum Gasteiger partial charge on any atom is 0.262 e. The normalized spacial score (nSPS) is 15.5. The van der Waals surface area contributed by atoms with Gasteiger partial charge in [-0.25, -0.2) is 4.39 Å². The number of rotatable bonds is 5. The third-order valence-electron chi connectivity index (χ3n) is 4.60. The van der Waals surface area contributed by atoms with Crippen LogP contribution in [-0.2, 0) is 0 Å². The van der Waals surface area contributed by atoms with Gasteiger partial charge in [-0.15, -0.1) is 0 Å². The Morgan fingerprint density at radius 3 is 2.46 bits per heavy atom. The van der Waals surface area contributed by atoms with Gasteiger partial charge in [0.05, 0.1) is 5.56 Å². The summed E-state index contributed by atoms with van der Waals surface area (Å²) in [5.74, 6) is 0.235. The minimum absolute atomic E-state index is 0.141. The number of benzene rings is 3. The molecule has 140 valence electrons. The Balaban J connectivity index is 1.75. The Morgan fingerprint density at radius 2 is 1.75 bits per heavy atom. The van der Waals surface area contributed by atoms with Crippen LogP contribution in [0.15, 0.2) is 85.5 Å². The Kier molecular flexibility index (Phi) is 4.81. The molecular formula is C23H19FN2O2. The van der Waals surface area contributed by atoms with Crippen molar-refractivity contribution >= 4 is 17.3 Å². The van der Waals surface area contributed by atoms with Gasteiger partial charge in [-0.3, -0.25) is 9.69 Å². The molecule has 28 heavy (non-hydrogen) atoms. The first-order chi connectivity index (χ1) is 13.7. The quantitative estimate of drug-likeness (QED) is 0.627. The molecule has 3 aromatic rings. The molecule has 0 fully saturated rings. The monoisotopic (exact) mass is 374 g/mol. The molecule has 0 unspecified atom stereocenters. The molecule has 1 N–H and O–H groups in total. The summed E-state index contributed by atoms with van der Waals surface area (Å²) in [6.07, 6.45) is 1.25. The third kappa shape index (κ3) is 3.34. The van der Waals surface area contributed by atoms with Gasteiger partial charge in [0, 0.05) is 11.4 Å². The highest BCUT2D eigenvalue weighted by Gasteiger charge is 2.33. The number of anilines is 2. The molecule has 0 radical (unpaired) electrons. The van der Waals surface area contributed by atoms with Crippen molar-refractivity contribution in [3.8, 4) is 5.75 Å². The van der Waals surface area contributed by atoms with Gasteiger partial charge in [-0.05, 0) is 54.1 Å². The molecule has 1 atom stereocenters. The van der Waals surface area contributed by atoms with E-state index < -0.39 is 6.17 Å². The van der Waals surface area contributed by atoms with Gasteiger partial charge >= 0.3 is 0 Å². The molecule has 0 saturated heterocycles. The fraction of sp³-hybridized carbons (Fsp3) is 0.0870. The molecule has 0 aliphatic carbocycles. The zero-order valence-electron chi connectivity index (χ0n) is 15.1. The SMILES string of the molecule is C=CCOc1ccc([C@@H]2Nc3ccccc3C(=O)N2c2ccc(F)cc2)cc1. The number of ether oxygens (including phenoxy) is 1. The number of nitrogens with one attached hydrogen (secondary N) is 1. The predicted molar refractivity (Wildman–Crippen MR) is 108 cm³/mol. The highest BCUT2D eigenvalue weighted by molar-refractivity contribution is 6.12. The molecule has 0 spiro atoms. The number of fused-ring (bicyclic) bond motifs is 1. The van der Waals surface area contributed by atoms with E-state index in [1.807, 2.05) is 42.5 Å². The minimum atomic E-state index is -0.429. The van der Waals surface area contributed by atoms with Crippen molar-refractivity contribution in [2.45, 2.75) is 6.17 Å². The van der Waals surface area contributed by atoms with E-state index in [4.69, 9.17) is 4.74 Å². The zero-order chi connectivity index (χ0) is 19.5. The number of halogens is 1. The molecule has 0 bridgehead atoms. The van der Waals surface area contributed by atoms with Gasteiger partial charge in [0.25, 0.3) is 5.91 Å². The van der Waals surface area contributed by atoms with E-state index in [1.165, 1.54) is 12.1 Å². The summed E-state index contributed by atoms with van der Waals surface area (Å²) in [6, 6.07) is 20.8. The number of hydrogen-bond acceptors (Lipinski definition) is 3. The highest BCUT2D eigenvalue weighted by Crippen LogP contribution is 2.37. The number of nitrogens with zero attached hydrogens (tertiary/aromatic N) is 1. The van der Waals surface area contributed by atoms with Crippen LogP contribution in [0.4, 0.5) is 15.8 Å². The van der Waals surface area contributed by atoms with Crippen LogP contribution in [0.1, 0.15) is 22.1 Å². The van der Waals surface area contributed by atoms with Gasteiger partial charge in [0.2, 0.25) is 0 Å². The maximum atomic E-state index is 13.4. The van der Waals surface area contributed by atoms with Crippen LogP contribution in [0.2, 0.25) is 0 Å². The fourth-order valence-electron chi connectivity index (χ4n) is 3.26. The van der Waals surface area contributed by atoms with Crippen molar-refractivity contribution in [2.75, 3.05) is 16.8 Å². The van der Waals surface area contributed by atoms with Crippen LogP contribution in [0.25, 0.3) is 0 Å². The Bertz CT molecular complexity index is 1000. The lowest BCUT2D eigenvalue weighted by Crippen LogP contribution is -2.43. The van der Waals surface area contributed by atoms with Crippen molar-refractivity contribution in [1.29, 1.82) is 0 Å². The second-order valence-electron chi connectivity index (χ2n) is 6.41. The first-order valence-corrected chi connectivity index (χ1v) is 8.96. The third-order valence-corrected chi connectivity index (χ3v) is 4.60. The lowest BCUT2D eigenvalue weighted by atomic mass is 10.0. The lowest BCUT2D eigenvalue weighted by Gasteiger charge is -2.38. The molecule has 1 aliphatic rings. The average Bonchev–Trinajstić information content (AvgIpc) is 2.73. The van der Waals surface area contributed by atoms with Crippen molar-refractivity contribution in [3.63, 3.8) is 0 Å². The molecule has 4 nitrogen and oxygen atoms in total. The molecule has 0 aromatic heterocycles. The Morgan fingerprint density at radius 1 is 1.04 bits per heavy atom.